The number of hydrogen-bond acceptors (Lipinski definition) is 7. The second kappa shape index (κ2) is 7.53. The molecule has 0 spiro atoms. The summed E-state index contributed by atoms with van der Waals surface area (Å²) in [7, 11) is 0. The molecule has 4 rings (SSSR count). The summed E-state index contributed by atoms with van der Waals surface area (Å²) in [5.41, 5.74) is 1.79. The van der Waals surface area contributed by atoms with Gasteiger partial charge in [-0.15, -0.1) is 15.3 Å². The molecule has 0 aliphatic heterocycles. The van der Waals surface area contributed by atoms with Gasteiger partial charge in [0.05, 0.1) is 12.7 Å². The molecule has 1 amide bonds. The number of nitrogens with zero attached hydrogens (tertiary/aromatic N) is 5. The van der Waals surface area contributed by atoms with Crippen molar-refractivity contribution in [1.29, 1.82) is 0 Å². The number of pyridine rings is 1. The normalized spacial score (nSPS) is 10.8. The van der Waals surface area contributed by atoms with Gasteiger partial charge in [-0.3, -0.25) is 9.59 Å². The summed E-state index contributed by atoms with van der Waals surface area (Å²) in [4.78, 5) is 27.0. The number of aryl methyl sites for hydroxylation is 1. The predicted octanol–water partition coefficient (Wildman–Crippen LogP) is 1.71. The van der Waals surface area contributed by atoms with E-state index in [0.717, 1.165) is 16.3 Å². The van der Waals surface area contributed by atoms with Gasteiger partial charge in [0.25, 0.3) is 11.5 Å². The Morgan fingerprint density at radius 2 is 1.96 bits per heavy atom. The van der Waals surface area contributed by atoms with E-state index >= 15 is 0 Å². The van der Waals surface area contributed by atoms with Gasteiger partial charge in [0.15, 0.2) is 5.69 Å². The van der Waals surface area contributed by atoms with Crippen LogP contribution in [-0.4, -0.2) is 36.1 Å². The first kappa shape index (κ1) is 17.7. The van der Waals surface area contributed by atoms with Crippen LogP contribution in [0.25, 0.3) is 16.3 Å². The molecule has 4 aromatic rings. The molecule has 3 heterocycles. The Morgan fingerprint density at radius 1 is 1.14 bits per heavy atom. The highest BCUT2D eigenvalue weighted by atomic mass is 32.1. The number of hydrogen-bond donors (Lipinski definition) is 2. The van der Waals surface area contributed by atoms with Crippen molar-refractivity contribution in [3.63, 3.8) is 0 Å². The molecule has 0 unspecified atom stereocenters. The monoisotopic (exact) mass is 393 g/mol. The Hall–Kier alpha value is -3.66. The number of aromatic nitrogens is 6. The Morgan fingerprint density at radius 3 is 2.75 bits per heavy atom. The molecule has 9 nitrogen and oxygen atoms in total. The van der Waals surface area contributed by atoms with Gasteiger partial charge in [-0.1, -0.05) is 46.9 Å². The summed E-state index contributed by atoms with van der Waals surface area (Å²) < 4.78 is 1.27. The average Bonchev–Trinajstić information content (AvgIpc) is 3.37. The fourth-order valence-corrected chi connectivity index (χ4v) is 3.28. The van der Waals surface area contributed by atoms with E-state index < -0.39 is 5.91 Å². The van der Waals surface area contributed by atoms with Gasteiger partial charge in [-0.25, -0.2) is 4.68 Å². The van der Waals surface area contributed by atoms with E-state index in [1.54, 1.807) is 19.1 Å². The molecule has 28 heavy (non-hydrogen) atoms. The second-order valence-corrected chi connectivity index (χ2v) is 7.02. The van der Waals surface area contributed by atoms with Gasteiger partial charge in [-0.05, 0) is 19.1 Å². The van der Waals surface area contributed by atoms with Gasteiger partial charge >= 0.3 is 0 Å². The molecule has 0 aliphatic carbocycles. The maximum atomic E-state index is 12.3. The third-order valence-electron chi connectivity index (χ3n) is 3.90. The van der Waals surface area contributed by atoms with E-state index in [-0.39, 0.29) is 23.5 Å². The minimum absolute atomic E-state index is 0.104. The summed E-state index contributed by atoms with van der Waals surface area (Å²) in [6.07, 6.45) is 1.41. The zero-order valence-electron chi connectivity index (χ0n) is 14.8. The largest absolute Gasteiger partial charge is 0.344 e. The van der Waals surface area contributed by atoms with Crippen molar-refractivity contribution in [3.8, 4) is 16.3 Å². The standard InChI is InChI=1S/C18H15N7O2S/c1-11-7-8-14(17(27)20-11)25-10-13(21-24-25)16(26)19-9-15-22-23-18(28-15)12-5-3-2-4-6-12/h2-8,10H,9H2,1H3,(H,19,26)(H,20,27). The molecular formula is C18H15N7O2S. The van der Waals surface area contributed by atoms with Crippen molar-refractivity contribution in [1.82, 2.24) is 35.5 Å². The van der Waals surface area contributed by atoms with Crippen LogP contribution in [0.15, 0.2) is 53.5 Å². The highest BCUT2D eigenvalue weighted by molar-refractivity contribution is 7.14. The number of nitrogens with one attached hydrogen (secondary N) is 2. The second-order valence-electron chi connectivity index (χ2n) is 5.95. The lowest BCUT2D eigenvalue weighted by atomic mass is 10.2. The maximum absolute atomic E-state index is 12.3. The molecule has 1 aromatic carbocycles. The van der Waals surface area contributed by atoms with E-state index in [2.05, 4.69) is 30.8 Å². The lowest BCUT2D eigenvalue weighted by Gasteiger charge is -2.00. The first-order chi connectivity index (χ1) is 13.6. The number of H-pyrrole nitrogens is 1. The van der Waals surface area contributed by atoms with E-state index in [1.165, 1.54) is 22.2 Å². The molecule has 0 bridgehead atoms. The summed E-state index contributed by atoms with van der Waals surface area (Å²) in [5, 5.41) is 20.1. The molecule has 0 saturated carbocycles. The van der Waals surface area contributed by atoms with Crippen LogP contribution in [0.3, 0.4) is 0 Å². The molecule has 0 aliphatic rings. The number of amides is 1. The predicted molar refractivity (Wildman–Crippen MR) is 103 cm³/mol. The van der Waals surface area contributed by atoms with Crippen molar-refractivity contribution < 1.29 is 4.79 Å². The number of rotatable bonds is 5. The van der Waals surface area contributed by atoms with Crippen LogP contribution in [-0.2, 0) is 6.54 Å². The maximum Gasteiger partial charge on any atom is 0.274 e. The number of aromatic amines is 1. The molecule has 10 heteroatoms. The van der Waals surface area contributed by atoms with Crippen LogP contribution in [0.4, 0.5) is 0 Å². The van der Waals surface area contributed by atoms with Gasteiger partial charge < -0.3 is 10.3 Å². The average molecular weight is 393 g/mol. The van der Waals surface area contributed by atoms with Crippen LogP contribution < -0.4 is 10.9 Å². The summed E-state index contributed by atoms with van der Waals surface area (Å²) in [6, 6.07) is 13.1. The van der Waals surface area contributed by atoms with Gasteiger partial charge in [0.2, 0.25) is 0 Å². The van der Waals surface area contributed by atoms with Gasteiger partial charge in [0.1, 0.15) is 15.7 Å². The minimum atomic E-state index is -0.411. The van der Waals surface area contributed by atoms with Crippen LogP contribution >= 0.6 is 11.3 Å². The highest BCUT2D eigenvalue weighted by Gasteiger charge is 2.14. The Balaban J connectivity index is 1.43. The fraction of sp³-hybridized carbons (Fsp3) is 0.111. The number of carbonyl (C=O) groups excluding carboxylic acids is 1. The number of benzene rings is 1. The van der Waals surface area contributed by atoms with Crippen molar-refractivity contribution >= 4 is 17.2 Å². The van der Waals surface area contributed by atoms with Crippen LogP contribution in [0.1, 0.15) is 21.2 Å². The Labute approximate surface area is 163 Å². The lowest BCUT2D eigenvalue weighted by molar-refractivity contribution is 0.0945. The third kappa shape index (κ3) is 3.71. The van der Waals surface area contributed by atoms with Crippen molar-refractivity contribution in [2.24, 2.45) is 0 Å². The minimum Gasteiger partial charge on any atom is -0.344 e. The van der Waals surface area contributed by atoms with Crippen LogP contribution in [0.2, 0.25) is 0 Å². The topological polar surface area (TPSA) is 118 Å². The molecule has 3 aromatic heterocycles. The molecule has 0 saturated heterocycles. The highest BCUT2D eigenvalue weighted by Crippen LogP contribution is 2.22. The molecular weight excluding hydrogens is 378 g/mol. The quantitative estimate of drug-likeness (QED) is 0.533. The van der Waals surface area contributed by atoms with Crippen molar-refractivity contribution in [2.45, 2.75) is 13.5 Å². The summed E-state index contributed by atoms with van der Waals surface area (Å²) in [6.45, 7) is 2.00. The smallest absolute Gasteiger partial charge is 0.274 e. The van der Waals surface area contributed by atoms with E-state index in [1.807, 2.05) is 30.3 Å². The van der Waals surface area contributed by atoms with Crippen molar-refractivity contribution in [2.75, 3.05) is 0 Å². The molecule has 0 radical (unpaired) electrons. The van der Waals surface area contributed by atoms with Crippen molar-refractivity contribution in [3.05, 3.63) is 75.4 Å². The van der Waals surface area contributed by atoms with Gasteiger partial charge in [-0.2, -0.15) is 0 Å². The van der Waals surface area contributed by atoms with E-state index in [4.69, 9.17) is 0 Å². The molecule has 140 valence electrons. The van der Waals surface area contributed by atoms with Gasteiger partial charge in [0, 0.05) is 11.3 Å². The summed E-state index contributed by atoms with van der Waals surface area (Å²) >= 11 is 1.40. The Bertz CT molecular complexity index is 1180. The zero-order chi connectivity index (χ0) is 19.5. The lowest BCUT2D eigenvalue weighted by Crippen LogP contribution is -2.23. The van der Waals surface area contributed by atoms with E-state index in [0.29, 0.717) is 5.01 Å². The Kier molecular flexibility index (Phi) is 4.77. The molecule has 0 atom stereocenters. The number of carbonyl (C=O) groups is 1. The molecule has 2 N–H and O–H groups in total. The SMILES string of the molecule is Cc1ccc(-n2cc(C(=O)NCc3nnc(-c4ccccc4)s3)nn2)c(=O)[nH]1. The zero-order valence-corrected chi connectivity index (χ0v) is 15.6. The fourth-order valence-electron chi connectivity index (χ4n) is 2.50. The van der Waals surface area contributed by atoms with Crippen LogP contribution in [0.5, 0.6) is 0 Å². The first-order valence-electron chi connectivity index (χ1n) is 8.39. The first-order valence-corrected chi connectivity index (χ1v) is 9.20. The summed E-state index contributed by atoms with van der Waals surface area (Å²) in [5.74, 6) is -0.411. The van der Waals surface area contributed by atoms with Crippen LogP contribution in [0, 0.1) is 6.92 Å². The van der Waals surface area contributed by atoms with E-state index in [9.17, 15) is 9.59 Å². The molecule has 0 fully saturated rings. The third-order valence-corrected chi connectivity index (χ3v) is 4.87.